The van der Waals surface area contributed by atoms with Crippen LogP contribution >= 0.6 is 0 Å². The molecule has 23 heavy (non-hydrogen) atoms. The van der Waals surface area contributed by atoms with Crippen LogP contribution in [0.3, 0.4) is 0 Å². The fourth-order valence-electron chi connectivity index (χ4n) is 2.77. The maximum atomic E-state index is 4.61. The normalized spacial score (nSPS) is 15.0. The summed E-state index contributed by atoms with van der Waals surface area (Å²) in [4.78, 5) is 13.1. The van der Waals surface area contributed by atoms with Gasteiger partial charge >= 0.3 is 0 Å². The van der Waals surface area contributed by atoms with Gasteiger partial charge < -0.3 is 9.80 Å². The number of hydrogen-bond acceptors (Lipinski definition) is 7. The van der Waals surface area contributed by atoms with Crippen LogP contribution < -0.4 is 9.80 Å². The molecule has 0 radical (unpaired) electrons. The summed E-state index contributed by atoms with van der Waals surface area (Å²) in [5.74, 6) is 3.50. The van der Waals surface area contributed by atoms with Crippen LogP contribution in [-0.4, -0.2) is 56.0 Å². The van der Waals surface area contributed by atoms with Crippen molar-refractivity contribution in [2.24, 2.45) is 0 Å². The Kier molecular flexibility index (Phi) is 3.10. The second-order valence-electron chi connectivity index (χ2n) is 5.84. The highest BCUT2D eigenvalue weighted by Crippen LogP contribution is 2.24. The van der Waals surface area contributed by atoms with E-state index < -0.39 is 0 Å². The van der Waals surface area contributed by atoms with Crippen LogP contribution in [0.4, 0.5) is 11.6 Å². The van der Waals surface area contributed by atoms with E-state index >= 15 is 0 Å². The lowest BCUT2D eigenvalue weighted by Crippen LogP contribution is -2.59. The Morgan fingerprint density at radius 3 is 2.74 bits per heavy atom. The number of nitrogens with zero attached hydrogens (tertiary/aromatic N) is 8. The number of hydrogen-bond donors (Lipinski definition) is 0. The standard InChI is InChI=1S/C15H18N8/c1-10-16-7-6-13(17-10)21(3)12-8-22(9-12)15-5-4-14-19-18-11(2)23(14)20-15/h4-7,12H,8-9H2,1-3H3. The molecule has 0 amide bonds. The molecule has 8 heteroatoms. The van der Waals surface area contributed by atoms with Crippen LogP contribution in [-0.2, 0) is 0 Å². The minimum absolute atomic E-state index is 0.420. The molecule has 3 aromatic rings. The second-order valence-corrected chi connectivity index (χ2v) is 5.84. The molecule has 0 aromatic carbocycles. The zero-order valence-corrected chi connectivity index (χ0v) is 13.4. The van der Waals surface area contributed by atoms with Crippen LogP contribution in [0.2, 0.25) is 0 Å². The summed E-state index contributed by atoms with van der Waals surface area (Å²) in [6.45, 7) is 5.64. The Hall–Kier alpha value is -2.77. The van der Waals surface area contributed by atoms with Gasteiger partial charge in [-0.05, 0) is 32.0 Å². The molecule has 8 nitrogen and oxygen atoms in total. The van der Waals surface area contributed by atoms with Gasteiger partial charge in [-0.25, -0.2) is 9.97 Å². The van der Waals surface area contributed by atoms with Crippen LogP contribution in [0.1, 0.15) is 11.6 Å². The van der Waals surface area contributed by atoms with Gasteiger partial charge in [0.1, 0.15) is 17.5 Å². The van der Waals surface area contributed by atoms with Crippen molar-refractivity contribution in [3.8, 4) is 0 Å². The zero-order chi connectivity index (χ0) is 16.0. The van der Waals surface area contributed by atoms with Crippen LogP contribution in [0.15, 0.2) is 24.4 Å². The third kappa shape index (κ3) is 2.36. The SMILES string of the molecule is Cc1nccc(N(C)C2CN(c3ccc4nnc(C)n4n3)C2)n1. The Labute approximate surface area is 133 Å². The molecule has 0 spiro atoms. The number of fused-ring (bicyclic) bond motifs is 1. The van der Waals surface area contributed by atoms with Crippen molar-refractivity contribution in [2.45, 2.75) is 19.9 Å². The largest absolute Gasteiger partial charge is 0.353 e. The average Bonchev–Trinajstić information content (AvgIpc) is 2.87. The third-order valence-corrected chi connectivity index (χ3v) is 4.26. The van der Waals surface area contributed by atoms with Crippen molar-refractivity contribution < 1.29 is 0 Å². The predicted molar refractivity (Wildman–Crippen MR) is 86.7 cm³/mol. The molecule has 1 aliphatic heterocycles. The van der Waals surface area contributed by atoms with Crippen molar-refractivity contribution in [1.29, 1.82) is 0 Å². The van der Waals surface area contributed by atoms with Crippen molar-refractivity contribution in [3.63, 3.8) is 0 Å². The Balaban J connectivity index is 1.48. The molecule has 0 unspecified atom stereocenters. The summed E-state index contributed by atoms with van der Waals surface area (Å²) in [5.41, 5.74) is 0.775. The van der Waals surface area contributed by atoms with Crippen molar-refractivity contribution in [2.75, 3.05) is 29.9 Å². The van der Waals surface area contributed by atoms with Gasteiger partial charge in [-0.2, -0.15) is 4.52 Å². The molecule has 0 aliphatic carbocycles. The third-order valence-electron chi connectivity index (χ3n) is 4.26. The lowest BCUT2D eigenvalue weighted by Gasteiger charge is -2.44. The van der Waals surface area contributed by atoms with Crippen molar-refractivity contribution in [3.05, 3.63) is 36.0 Å². The van der Waals surface area contributed by atoms with E-state index in [1.165, 1.54) is 0 Å². The first-order chi connectivity index (χ1) is 11.1. The fraction of sp³-hybridized carbons (Fsp3) is 0.400. The van der Waals surface area contributed by atoms with Gasteiger partial charge in [0.25, 0.3) is 0 Å². The van der Waals surface area contributed by atoms with Gasteiger partial charge in [0, 0.05) is 26.3 Å². The molecule has 4 rings (SSSR count). The molecule has 118 valence electrons. The summed E-state index contributed by atoms with van der Waals surface area (Å²) in [7, 11) is 2.07. The quantitative estimate of drug-likeness (QED) is 0.710. The summed E-state index contributed by atoms with van der Waals surface area (Å²) in [6.07, 6.45) is 1.80. The van der Waals surface area contributed by atoms with E-state index in [0.29, 0.717) is 6.04 Å². The van der Waals surface area contributed by atoms with Gasteiger partial charge in [-0.1, -0.05) is 0 Å². The van der Waals surface area contributed by atoms with E-state index in [2.05, 4.69) is 42.1 Å². The van der Waals surface area contributed by atoms with Gasteiger partial charge in [0.05, 0.1) is 6.04 Å². The lowest BCUT2D eigenvalue weighted by atomic mass is 10.1. The molecule has 1 saturated heterocycles. The first kappa shape index (κ1) is 13.9. The van der Waals surface area contributed by atoms with Gasteiger partial charge in [0.2, 0.25) is 0 Å². The number of aryl methyl sites for hydroxylation is 2. The topological polar surface area (TPSA) is 75.3 Å². The van der Waals surface area contributed by atoms with E-state index in [9.17, 15) is 0 Å². The van der Waals surface area contributed by atoms with Gasteiger partial charge in [-0.3, -0.25) is 0 Å². The summed E-state index contributed by atoms with van der Waals surface area (Å²) in [5, 5.41) is 12.7. The maximum Gasteiger partial charge on any atom is 0.178 e. The molecular formula is C15H18N8. The smallest absolute Gasteiger partial charge is 0.178 e. The molecule has 0 N–H and O–H groups in total. The lowest BCUT2D eigenvalue weighted by molar-refractivity contribution is 0.486. The first-order valence-corrected chi connectivity index (χ1v) is 7.58. The van der Waals surface area contributed by atoms with E-state index in [-0.39, 0.29) is 0 Å². The Morgan fingerprint density at radius 2 is 1.96 bits per heavy atom. The van der Waals surface area contributed by atoms with Crippen LogP contribution in [0.25, 0.3) is 5.65 Å². The van der Waals surface area contributed by atoms with Crippen molar-refractivity contribution in [1.82, 2.24) is 29.8 Å². The Bertz CT molecular complexity index is 852. The highest BCUT2D eigenvalue weighted by Gasteiger charge is 2.32. The van der Waals surface area contributed by atoms with E-state index in [4.69, 9.17) is 0 Å². The highest BCUT2D eigenvalue weighted by molar-refractivity contribution is 5.50. The summed E-state index contributed by atoms with van der Waals surface area (Å²) in [6, 6.07) is 6.31. The van der Waals surface area contributed by atoms with E-state index in [1.54, 1.807) is 10.7 Å². The molecule has 4 heterocycles. The number of likely N-dealkylation sites (N-methyl/N-ethyl adjacent to an activating group) is 1. The van der Waals surface area contributed by atoms with Crippen LogP contribution in [0, 0.1) is 13.8 Å². The zero-order valence-electron chi connectivity index (χ0n) is 13.4. The fourth-order valence-corrected chi connectivity index (χ4v) is 2.77. The highest BCUT2D eigenvalue weighted by atomic mass is 15.4. The molecule has 0 atom stereocenters. The molecule has 0 saturated carbocycles. The monoisotopic (exact) mass is 310 g/mol. The molecule has 1 aliphatic rings. The first-order valence-electron chi connectivity index (χ1n) is 7.58. The molecule has 0 bridgehead atoms. The molecule has 1 fully saturated rings. The van der Waals surface area contributed by atoms with E-state index in [1.807, 2.05) is 32.0 Å². The van der Waals surface area contributed by atoms with Crippen LogP contribution in [0.5, 0.6) is 0 Å². The minimum atomic E-state index is 0.420. The van der Waals surface area contributed by atoms with Crippen molar-refractivity contribution >= 4 is 17.3 Å². The minimum Gasteiger partial charge on any atom is -0.353 e. The number of rotatable bonds is 3. The van der Waals surface area contributed by atoms with Gasteiger partial charge in [0.15, 0.2) is 11.5 Å². The maximum absolute atomic E-state index is 4.61. The summed E-state index contributed by atoms with van der Waals surface area (Å²) >= 11 is 0. The second kappa shape index (κ2) is 5.15. The molecular weight excluding hydrogens is 292 g/mol. The van der Waals surface area contributed by atoms with Gasteiger partial charge in [-0.15, -0.1) is 15.3 Å². The predicted octanol–water partition coefficient (Wildman–Crippen LogP) is 0.856. The van der Waals surface area contributed by atoms with E-state index in [0.717, 1.165) is 42.0 Å². The summed E-state index contributed by atoms with van der Waals surface area (Å²) < 4.78 is 1.78. The number of anilines is 2. The average molecular weight is 310 g/mol. The number of aromatic nitrogens is 6. The molecule has 3 aromatic heterocycles. The Morgan fingerprint density at radius 1 is 1.13 bits per heavy atom.